The van der Waals surface area contributed by atoms with Gasteiger partial charge in [-0.2, -0.15) is 5.10 Å². The molecule has 0 aromatic carbocycles. The van der Waals surface area contributed by atoms with E-state index in [1.54, 1.807) is 0 Å². The molecule has 106 valence electrons. The van der Waals surface area contributed by atoms with Crippen LogP contribution in [0.15, 0.2) is 12.4 Å². The fourth-order valence-electron chi connectivity index (χ4n) is 3.42. The number of methoxy groups -OCH3 is 1. The first kappa shape index (κ1) is 13.1. The SMILES string of the molecule is CO[C@H]1CN(Cc2cnn(C)c2)CC[C@@]12CCCO2. The van der Waals surface area contributed by atoms with Gasteiger partial charge in [-0.15, -0.1) is 0 Å². The molecular weight excluding hydrogens is 242 g/mol. The summed E-state index contributed by atoms with van der Waals surface area (Å²) in [5.41, 5.74) is 1.25. The van der Waals surface area contributed by atoms with Crippen molar-refractivity contribution in [2.75, 3.05) is 26.8 Å². The number of likely N-dealkylation sites (tertiary alicyclic amines) is 1. The predicted octanol–water partition coefficient (Wildman–Crippen LogP) is 1.19. The van der Waals surface area contributed by atoms with Gasteiger partial charge in [-0.05, 0) is 19.3 Å². The second-order valence-corrected chi connectivity index (χ2v) is 5.75. The van der Waals surface area contributed by atoms with Crippen molar-refractivity contribution in [3.63, 3.8) is 0 Å². The number of hydrogen-bond donors (Lipinski definition) is 0. The van der Waals surface area contributed by atoms with Crippen molar-refractivity contribution in [3.8, 4) is 0 Å². The van der Waals surface area contributed by atoms with Crippen LogP contribution < -0.4 is 0 Å². The first-order valence-electron chi connectivity index (χ1n) is 7.08. The molecule has 5 heteroatoms. The Labute approximate surface area is 114 Å². The Hall–Kier alpha value is -0.910. The standard InChI is InChI=1S/C14H23N3O2/c1-16-9-12(8-15-16)10-17-6-5-14(4-3-7-19-14)13(11-17)18-2/h8-9,13H,3-7,10-11H2,1-2H3/t13-,14-/m0/s1. The van der Waals surface area contributed by atoms with Gasteiger partial charge in [0.2, 0.25) is 0 Å². The van der Waals surface area contributed by atoms with Crippen LogP contribution in [-0.4, -0.2) is 53.2 Å². The maximum absolute atomic E-state index is 6.02. The molecule has 2 aliphatic heterocycles. The lowest BCUT2D eigenvalue weighted by atomic mass is 9.85. The number of ether oxygens (including phenoxy) is 2. The highest BCUT2D eigenvalue weighted by atomic mass is 16.5. The maximum atomic E-state index is 6.02. The highest BCUT2D eigenvalue weighted by Crippen LogP contribution is 2.37. The lowest BCUT2D eigenvalue weighted by Crippen LogP contribution is -2.55. The Morgan fingerprint density at radius 2 is 2.42 bits per heavy atom. The van der Waals surface area contributed by atoms with E-state index >= 15 is 0 Å². The quantitative estimate of drug-likeness (QED) is 0.823. The van der Waals surface area contributed by atoms with Crippen LogP contribution in [0.3, 0.4) is 0 Å². The lowest BCUT2D eigenvalue weighted by molar-refractivity contribution is -0.143. The zero-order chi connectivity index (χ0) is 13.3. The molecule has 5 nitrogen and oxygen atoms in total. The van der Waals surface area contributed by atoms with Gasteiger partial charge < -0.3 is 9.47 Å². The summed E-state index contributed by atoms with van der Waals surface area (Å²) in [6, 6.07) is 0. The normalized spacial score (nSPS) is 32.2. The predicted molar refractivity (Wildman–Crippen MR) is 71.8 cm³/mol. The zero-order valence-corrected chi connectivity index (χ0v) is 11.8. The molecule has 0 amide bonds. The average Bonchev–Trinajstić information content (AvgIpc) is 3.02. The molecule has 0 aliphatic carbocycles. The summed E-state index contributed by atoms with van der Waals surface area (Å²) in [5.74, 6) is 0. The van der Waals surface area contributed by atoms with Gasteiger partial charge in [0.15, 0.2) is 0 Å². The first-order chi connectivity index (χ1) is 9.22. The summed E-state index contributed by atoms with van der Waals surface area (Å²) >= 11 is 0. The van der Waals surface area contributed by atoms with Crippen LogP contribution in [0.5, 0.6) is 0 Å². The van der Waals surface area contributed by atoms with Crippen molar-refractivity contribution >= 4 is 0 Å². The van der Waals surface area contributed by atoms with Crippen molar-refractivity contribution in [2.24, 2.45) is 7.05 Å². The molecule has 2 fully saturated rings. The van der Waals surface area contributed by atoms with E-state index in [1.165, 1.54) is 12.0 Å². The zero-order valence-electron chi connectivity index (χ0n) is 11.8. The van der Waals surface area contributed by atoms with Crippen LogP contribution in [0.25, 0.3) is 0 Å². The molecule has 2 aliphatic rings. The summed E-state index contributed by atoms with van der Waals surface area (Å²) in [4.78, 5) is 2.44. The molecule has 0 unspecified atom stereocenters. The highest BCUT2D eigenvalue weighted by molar-refractivity contribution is 5.05. The Morgan fingerprint density at radius 3 is 3.05 bits per heavy atom. The van der Waals surface area contributed by atoms with Gasteiger partial charge >= 0.3 is 0 Å². The van der Waals surface area contributed by atoms with Crippen LogP contribution in [0.4, 0.5) is 0 Å². The van der Waals surface area contributed by atoms with E-state index in [0.717, 1.165) is 39.1 Å². The van der Waals surface area contributed by atoms with Crippen molar-refractivity contribution < 1.29 is 9.47 Å². The van der Waals surface area contributed by atoms with E-state index in [-0.39, 0.29) is 11.7 Å². The number of hydrogen-bond acceptors (Lipinski definition) is 4. The van der Waals surface area contributed by atoms with E-state index in [1.807, 2.05) is 25.0 Å². The van der Waals surface area contributed by atoms with Crippen molar-refractivity contribution in [2.45, 2.75) is 37.5 Å². The van der Waals surface area contributed by atoms with Crippen molar-refractivity contribution in [3.05, 3.63) is 18.0 Å². The second-order valence-electron chi connectivity index (χ2n) is 5.75. The molecule has 2 atom stereocenters. The fraction of sp³-hybridized carbons (Fsp3) is 0.786. The number of nitrogens with zero attached hydrogens (tertiary/aromatic N) is 3. The van der Waals surface area contributed by atoms with Crippen LogP contribution in [0.2, 0.25) is 0 Å². The molecule has 2 saturated heterocycles. The maximum Gasteiger partial charge on any atom is 0.0987 e. The van der Waals surface area contributed by atoms with Gasteiger partial charge in [0.05, 0.1) is 17.9 Å². The Kier molecular flexibility index (Phi) is 3.60. The number of piperidine rings is 1. The summed E-state index contributed by atoms with van der Waals surface area (Å²) in [7, 11) is 3.76. The minimum Gasteiger partial charge on any atom is -0.377 e. The van der Waals surface area contributed by atoms with Gasteiger partial charge in [-0.25, -0.2) is 0 Å². The van der Waals surface area contributed by atoms with Gasteiger partial charge in [0.25, 0.3) is 0 Å². The third-order valence-electron chi connectivity index (χ3n) is 4.44. The van der Waals surface area contributed by atoms with E-state index < -0.39 is 0 Å². The minimum absolute atomic E-state index is 0.0137. The monoisotopic (exact) mass is 265 g/mol. The van der Waals surface area contributed by atoms with Gasteiger partial charge in [-0.3, -0.25) is 9.58 Å². The van der Waals surface area contributed by atoms with E-state index in [9.17, 15) is 0 Å². The highest BCUT2D eigenvalue weighted by Gasteiger charge is 2.46. The number of rotatable bonds is 3. The van der Waals surface area contributed by atoms with Crippen molar-refractivity contribution in [1.82, 2.24) is 14.7 Å². The number of aryl methyl sites for hydroxylation is 1. The van der Waals surface area contributed by atoms with E-state index in [4.69, 9.17) is 9.47 Å². The van der Waals surface area contributed by atoms with E-state index in [2.05, 4.69) is 16.2 Å². The average molecular weight is 265 g/mol. The first-order valence-corrected chi connectivity index (χ1v) is 7.08. The lowest BCUT2D eigenvalue weighted by Gasteiger charge is -2.44. The Bertz CT molecular complexity index is 426. The molecule has 0 radical (unpaired) electrons. The topological polar surface area (TPSA) is 39.5 Å². The van der Waals surface area contributed by atoms with Gasteiger partial charge in [0, 0.05) is 52.2 Å². The molecule has 3 heterocycles. The Balaban J connectivity index is 1.64. The second kappa shape index (κ2) is 5.23. The largest absolute Gasteiger partial charge is 0.377 e. The van der Waals surface area contributed by atoms with Gasteiger partial charge in [-0.1, -0.05) is 0 Å². The van der Waals surface area contributed by atoms with Crippen molar-refractivity contribution in [1.29, 1.82) is 0 Å². The minimum atomic E-state index is -0.0137. The van der Waals surface area contributed by atoms with Gasteiger partial charge in [0.1, 0.15) is 0 Å². The third-order valence-corrected chi connectivity index (χ3v) is 4.44. The smallest absolute Gasteiger partial charge is 0.0987 e. The molecule has 0 bridgehead atoms. The summed E-state index contributed by atoms with van der Waals surface area (Å²) in [6.07, 6.45) is 7.61. The third kappa shape index (κ3) is 2.55. The Morgan fingerprint density at radius 1 is 1.53 bits per heavy atom. The molecule has 1 spiro atoms. The molecule has 3 rings (SSSR count). The van der Waals surface area contributed by atoms with Crippen LogP contribution in [-0.2, 0) is 23.1 Å². The molecule has 1 aromatic rings. The molecular formula is C14H23N3O2. The number of aromatic nitrogens is 2. The molecule has 19 heavy (non-hydrogen) atoms. The summed E-state index contributed by atoms with van der Waals surface area (Å²) in [6.45, 7) is 3.87. The van der Waals surface area contributed by atoms with Crippen LogP contribution >= 0.6 is 0 Å². The fourth-order valence-corrected chi connectivity index (χ4v) is 3.42. The molecule has 0 N–H and O–H groups in total. The van der Waals surface area contributed by atoms with E-state index in [0.29, 0.717) is 0 Å². The van der Waals surface area contributed by atoms with Crippen LogP contribution in [0.1, 0.15) is 24.8 Å². The molecule has 0 saturated carbocycles. The summed E-state index contributed by atoms with van der Waals surface area (Å²) in [5, 5.41) is 4.23. The van der Waals surface area contributed by atoms with Crippen LogP contribution in [0, 0.1) is 0 Å². The molecule has 1 aromatic heterocycles. The summed E-state index contributed by atoms with van der Waals surface area (Å²) < 4.78 is 13.6.